The monoisotopic (exact) mass is 676 g/mol. The molecule has 0 radical (unpaired) electrons. The summed E-state index contributed by atoms with van der Waals surface area (Å²) in [6, 6.07) is 0. The molecule has 1 heterocycles. The Labute approximate surface area is 271 Å². The molecule has 42 heavy (non-hydrogen) atoms. The highest BCUT2D eigenvalue weighted by atomic mass is 32.2. The highest BCUT2D eigenvalue weighted by Gasteiger charge is 2.72. The van der Waals surface area contributed by atoms with Gasteiger partial charge in [0.1, 0.15) is 22.9 Å². The Balaban J connectivity index is 3.44. The third-order valence-corrected chi connectivity index (χ3v) is 11.9. The second-order valence-corrected chi connectivity index (χ2v) is 15.6. The molecule has 0 aromatic heterocycles. The van der Waals surface area contributed by atoms with Crippen molar-refractivity contribution >= 4 is 47.0 Å². The first-order chi connectivity index (χ1) is 20.2. The minimum absolute atomic E-state index is 0.109. The molecule has 10 nitrogen and oxygen atoms in total. The van der Waals surface area contributed by atoms with E-state index in [1.54, 1.807) is 54.0 Å². The van der Waals surface area contributed by atoms with Gasteiger partial charge in [0.2, 0.25) is 0 Å². The lowest BCUT2D eigenvalue weighted by atomic mass is 9.61. The van der Waals surface area contributed by atoms with Gasteiger partial charge in [0.05, 0.1) is 6.10 Å². The lowest BCUT2D eigenvalue weighted by Crippen LogP contribution is -2.81. The zero-order valence-electron chi connectivity index (χ0n) is 25.6. The number of hydrogen-bond donors (Lipinski definition) is 8. The van der Waals surface area contributed by atoms with Gasteiger partial charge in [-0.2, -0.15) is 47.0 Å². The van der Waals surface area contributed by atoms with Crippen LogP contribution in [0.1, 0.15) is 58.3 Å². The van der Waals surface area contributed by atoms with Crippen molar-refractivity contribution < 1.29 is 29.9 Å². The number of hydrogen-bond acceptors (Lipinski definition) is 14. The second-order valence-electron chi connectivity index (χ2n) is 10.7. The fraction of sp³-hybridized carbons (Fsp3) is 1.00. The third-order valence-electron chi connectivity index (χ3n) is 7.62. The van der Waals surface area contributed by atoms with Crippen LogP contribution in [-0.2, 0) is 9.47 Å². The van der Waals surface area contributed by atoms with Crippen LogP contribution in [0, 0.1) is 0 Å². The summed E-state index contributed by atoms with van der Waals surface area (Å²) in [5.41, 5.74) is 16.8. The summed E-state index contributed by atoms with van der Waals surface area (Å²) in [5.74, 6) is 5.51. The second kappa shape index (κ2) is 23.3. The van der Waals surface area contributed by atoms with Gasteiger partial charge in [-0.15, -0.1) is 0 Å². The van der Waals surface area contributed by atoms with Crippen molar-refractivity contribution in [3.8, 4) is 0 Å². The summed E-state index contributed by atoms with van der Waals surface area (Å²) in [6.45, 7) is 4.37. The van der Waals surface area contributed by atoms with Crippen LogP contribution in [0.5, 0.6) is 0 Å². The van der Waals surface area contributed by atoms with E-state index >= 15 is 0 Å². The van der Waals surface area contributed by atoms with Crippen LogP contribution in [0.2, 0.25) is 0 Å². The summed E-state index contributed by atoms with van der Waals surface area (Å²) < 4.78 is 12.3. The Bertz CT molecular complexity index is 682. The van der Waals surface area contributed by atoms with Crippen LogP contribution in [-0.4, -0.2) is 135 Å². The van der Waals surface area contributed by atoms with Gasteiger partial charge in [0, 0.05) is 6.61 Å². The predicted octanol–water partition coefficient (Wildman–Crippen LogP) is 1.19. The quantitative estimate of drug-likeness (QED) is 0.0576. The summed E-state index contributed by atoms with van der Waals surface area (Å²) >= 11 is 6.58. The standard InChI is InChI=1S/C28H60N4O6S4/c1-2-37-25-27(35,9-21-41-17-5-13-31)28(36,10-22-42-18-6-14-32)26(34,8-20-40-16-4-12-30)24(38-25)23(33)7-19-39-15-3-11-29/h23-25,33-36H,2-22,29-32H2,1H3/t23?,24-,25+,26+,27+,28+/m1/s1. The van der Waals surface area contributed by atoms with E-state index in [0.717, 1.165) is 48.7 Å². The van der Waals surface area contributed by atoms with Crippen LogP contribution in [0.3, 0.4) is 0 Å². The summed E-state index contributed by atoms with van der Waals surface area (Å²) in [6.07, 6.45) is 0.714. The van der Waals surface area contributed by atoms with E-state index in [4.69, 9.17) is 32.4 Å². The van der Waals surface area contributed by atoms with Gasteiger partial charge in [-0.05, 0) is 130 Å². The van der Waals surface area contributed by atoms with Gasteiger partial charge in [0.25, 0.3) is 0 Å². The molecule has 6 atom stereocenters. The first kappa shape index (κ1) is 41.0. The van der Waals surface area contributed by atoms with Crippen LogP contribution in [0.15, 0.2) is 0 Å². The number of nitrogens with two attached hydrogens (primary N) is 4. The summed E-state index contributed by atoms with van der Waals surface area (Å²) in [4.78, 5) is 0. The van der Waals surface area contributed by atoms with Crippen LogP contribution in [0.4, 0.5) is 0 Å². The Morgan fingerprint density at radius 3 is 1.55 bits per heavy atom. The Morgan fingerprint density at radius 1 is 0.667 bits per heavy atom. The van der Waals surface area contributed by atoms with E-state index in [-0.39, 0.29) is 25.9 Å². The van der Waals surface area contributed by atoms with E-state index in [1.807, 2.05) is 0 Å². The molecule has 0 bridgehead atoms. The van der Waals surface area contributed by atoms with E-state index in [0.29, 0.717) is 55.6 Å². The van der Waals surface area contributed by atoms with Crippen LogP contribution >= 0.6 is 47.0 Å². The highest BCUT2D eigenvalue weighted by molar-refractivity contribution is 7.99. The van der Waals surface area contributed by atoms with Gasteiger partial charge in [-0.3, -0.25) is 0 Å². The first-order valence-electron chi connectivity index (χ1n) is 15.5. The fourth-order valence-corrected chi connectivity index (χ4v) is 9.25. The average molecular weight is 677 g/mol. The minimum Gasteiger partial charge on any atom is -0.390 e. The summed E-state index contributed by atoms with van der Waals surface area (Å²) in [7, 11) is 0. The van der Waals surface area contributed by atoms with Gasteiger partial charge in [-0.1, -0.05) is 0 Å². The number of aliphatic hydroxyl groups is 4. The zero-order chi connectivity index (χ0) is 31.3. The molecule has 1 saturated heterocycles. The molecule has 0 saturated carbocycles. The Hall–Kier alpha value is 1.00. The minimum atomic E-state index is -2.00. The molecular formula is C28H60N4O6S4. The predicted molar refractivity (Wildman–Crippen MR) is 184 cm³/mol. The topological polar surface area (TPSA) is 203 Å². The SMILES string of the molecule is CCO[C@H]1O[C@H](C(O)CCSCCCN)[C@@](O)(CCSCCCN)[C@@](O)(CCSCCCN)[C@]1(O)CCSCCCN. The molecule has 1 aliphatic heterocycles. The molecule has 1 unspecified atom stereocenters. The molecule has 252 valence electrons. The molecule has 1 fully saturated rings. The first-order valence-corrected chi connectivity index (χ1v) is 20.1. The molecule has 0 amide bonds. The summed E-state index contributed by atoms with van der Waals surface area (Å²) in [5, 5.41) is 49.3. The third kappa shape index (κ3) is 12.3. The number of rotatable bonds is 27. The van der Waals surface area contributed by atoms with Gasteiger partial charge >= 0.3 is 0 Å². The molecule has 1 aliphatic rings. The van der Waals surface area contributed by atoms with Crippen molar-refractivity contribution in [1.82, 2.24) is 0 Å². The maximum absolute atomic E-state index is 12.7. The van der Waals surface area contributed by atoms with Crippen molar-refractivity contribution in [3.05, 3.63) is 0 Å². The van der Waals surface area contributed by atoms with E-state index in [1.165, 1.54) is 0 Å². The van der Waals surface area contributed by atoms with Crippen molar-refractivity contribution in [3.63, 3.8) is 0 Å². The Kier molecular flexibility index (Phi) is 22.8. The van der Waals surface area contributed by atoms with E-state index < -0.39 is 35.3 Å². The molecule has 0 spiro atoms. The molecule has 1 rings (SSSR count). The van der Waals surface area contributed by atoms with E-state index in [2.05, 4.69) is 0 Å². The zero-order valence-corrected chi connectivity index (χ0v) is 28.9. The van der Waals surface area contributed by atoms with Crippen LogP contribution < -0.4 is 22.9 Å². The molecule has 0 aliphatic carbocycles. The normalized spacial score (nSPS) is 28.8. The number of ether oxygens (including phenoxy) is 2. The van der Waals surface area contributed by atoms with Crippen molar-refractivity contribution in [2.75, 3.05) is 78.8 Å². The van der Waals surface area contributed by atoms with Crippen LogP contribution in [0.25, 0.3) is 0 Å². The maximum atomic E-state index is 12.7. The van der Waals surface area contributed by atoms with Gasteiger partial charge in [-0.25, -0.2) is 0 Å². The lowest BCUT2D eigenvalue weighted by Gasteiger charge is -2.62. The molecule has 14 heteroatoms. The van der Waals surface area contributed by atoms with Gasteiger partial charge in [0.15, 0.2) is 6.29 Å². The van der Waals surface area contributed by atoms with E-state index in [9.17, 15) is 20.4 Å². The number of thioether (sulfide) groups is 4. The maximum Gasteiger partial charge on any atom is 0.189 e. The molecule has 0 aromatic rings. The van der Waals surface area contributed by atoms with Crippen molar-refractivity contribution in [1.29, 1.82) is 0 Å². The molecule has 12 N–H and O–H groups in total. The van der Waals surface area contributed by atoms with Gasteiger partial charge < -0.3 is 52.8 Å². The molecular weight excluding hydrogens is 617 g/mol. The fourth-order valence-electron chi connectivity index (χ4n) is 5.19. The van der Waals surface area contributed by atoms with Crippen molar-refractivity contribution in [2.24, 2.45) is 22.9 Å². The smallest absolute Gasteiger partial charge is 0.189 e. The average Bonchev–Trinajstić information content (AvgIpc) is 2.97. The lowest BCUT2D eigenvalue weighted by molar-refractivity contribution is -0.409. The largest absolute Gasteiger partial charge is 0.390 e. The highest BCUT2D eigenvalue weighted by Crippen LogP contribution is 2.52. The van der Waals surface area contributed by atoms with Crippen molar-refractivity contribution in [2.45, 2.75) is 93.6 Å². The molecule has 0 aromatic carbocycles. The number of aliphatic hydroxyl groups excluding tert-OH is 1. The Morgan fingerprint density at radius 2 is 1.10 bits per heavy atom.